The summed E-state index contributed by atoms with van der Waals surface area (Å²) < 4.78 is 0. The van der Waals surface area contributed by atoms with E-state index in [4.69, 9.17) is 40.1 Å². The van der Waals surface area contributed by atoms with Crippen LogP contribution < -0.4 is 72.0 Å². The lowest BCUT2D eigenvalue weighted by molar-refractivity contribution is -0.142. The number of guanidine groups is 2. The van der Waals surface area contributed by atoms with Crippen molar-refractivity contribution in [3.8, 4) is 5.75 Å². The number of primary amides is 2. The number of hydrogen-bond donors (Lipinski definition) is 14. The van der Waals surface area contributed by atoms with Crippen LogP contribution in [0.1, 0.15) is 81.9 Å². The number of carbonyl (C=O) groups excluding carboxylic acids is 9. The van der Waals surface area contributed by atoms with E-state index in [0.29, 0.717) is 23.1 Å². The average Bonchev–Trinajstić information content (AvgIpc) is 3.91. The van der Waals surface area contributed by atoms with E-state index in [2.05, 4.69) is 41.9 Å². The van der Waals surface area contributed by atoms with Crippen molar-refractivity contribution in [2.45, 2.75) is 133 Å². The Bertz CT molecular complexity index is 2630. The SMILES string of the molecule is CC(C)C[C@H](NC(=O)[C@H](Cc1ccccc1)NC(=O)[C@@H](N)Cc1ccc(O)cc1)C(=O)N[C@@H](Cc1ccccc1)C(=O)N[C@@H](CCCN=C(N)N)C(=O)N1CCC[C@H]1C(=O)N[C@@H](CCCN=C(N)N)C(=O)N[C@H](CC(N)=O)C(N)=O. The molecule has 0 aromatic heterocycles. The second-order valence-electron chi connectivity index (χ2n) is 20.0. The van der Waals surface area contributed by atoms with Gasteiger partial charge < -0.3 is 82.0 Å². The second-order valence-corrected chi connectivity index (χ2v) is 20.0. The van der Waals surface area contributed by atoms with E-state index >= 15 is 0 Å². The van der Waals surface area contributed by atoms with E-state index in [1.54, 1.807) is 72.8 Å². The molecule has 0 spiro atoms. The number of rotatable bonds is 32. The Morgan fingerprint density at radius 3 is 1.51 bits per heavy atom. The molecule has 21 N–H and O–H groups in total. The Kier molecular flexibility index (Phi) is 25.6. The predicted molar refractivity (Wildman–Crippen MR) is 299 cm³/mol. The lowest BCUT2D eigenvalue weighted by Crippen LogP contribution is -2.60. The molecule has 4 rings (SSSR count). The van der Waals surface area contributed by atoms with Gasteiger partial charge in [-0.2, -0.15) is 0 Å². The van der Waals surface area contributed by atoms with Crippen LogP contribution in [-0.4, -0.2) is 143 Å². The zero-order chi connectivity index (χ0) is 58.9. The summed E-state index contributed by atoms with van der Waals surface area (Å²) in [5.74, 6) is -7.68. The van der Waals surface area contributed by atoms with Gasteiger partial charge in [-0.3, -0.25) is 53.1 Å². The van der Waals surface area contributed by atoms with Crippen LogP contribution in [0.2, 0.25) is 0 Å². The molecule has 1 fully saturated rings. The fourth-order valence-corrected chi connectivity index (χ4v) is 8.90. The van der Waals surface area contributed by atoms with E-state index in [1.165, 1.54) is 17.0 Å². The molecule has 1 aliphatic rings. The third-order valence-electron chi connectivity index (χ3n) is 12.9. The van der Waals surface area contributed by atoms with E-state index in [-0.39, 0.29) is 101 Å². The Morgan fingerprint density at radius 1 is 0.562 bits per heavy atom. The van der Waals surface area contributed by atoms with Gasteiger partial charge >= 0.3 is 0 Å². The molecule has 26 nitrogen and oxygen atoms in total. The number of carbonyl (C=O) groups is 9. The van der Waals surface area contributed by atoms with Crippen LogP contribution in [-0.2, 0) is 62.4 Å². The molecule has 8 atom stereocenters. The molecule has 1 saturated heterocycles. The first-order valence-corrected chi connectivity index (χ1v) is 26.4. The van der Waals surface area contributed by atoms with Crippen molar-refractivity contribution in [2.75, 3.05) is 19.6 Å². The quantitative estimate of drug-likeness (QED) is 0.0170. The van der Waals surface area contributed by atoms with Crippen molar-refractivity contribution < 1.29 is 48.3 Å². The van der Waals surface area contributed by atoms with Gasteiger partial charge in [0.05, 0.1) is 12.5 Å². The van der Waals surface area contributed by atoms with E-state index in [1.807, 2.05) is 13.8 Å². The van der Waals surface area contributed by atoms with Gasteiger partial charge in [0, 0.05) is 32.5 Å². The highest BCUT2D eigenvalue weighted by molar-refractivity contribution is 5.98. The number of nitrogens with zero attached hydrogens (tertiary/aromatic N) is 3. The standard InChI is InChI=1S/C54H78N16O10/c1-31(2)26-40(68-50(78)41(28-32-12-5-3-6-13-32)67-46(74)36(55)27-34-19-21-35(71)22-20-34)48(76)69-42(29-33-14-7-4-8-15-33)49(77)65-38(17-10-24-63-54(60)61)52(80)70-25-11-18-43(70)51(79)64-37(16-9-23-62-53(58)59)47(75)66-39(45(57)73)30-44(56)72/h3-8,12-15,19-22,31,36-43,71H,9-11,16-18,23-30,55H2,1-2H3,(H2,56,72)(H2,57,73)(H,64,79)(H,65,77)(H,66,75)(H,67,74)(H,68,78)(H,69,76)(H4,58,59,62)(H4,60,61,63)/t36-,37-,38-,39+,40-,41-,42-,43-/m0/s1. The van der Waals surface area contributed by atoms with Gasteiger partial charge in [-0.25, -0.2) is 0 Å². The largest absolute Gasteiger partial charge is 0.508 e. The van der Waals surface area contributed by atoms with Gasteiger partial charge in [0.25, 0.3) is 0 Å². The number of likely N-dealkylation sites (tertiary alicyclic amines) is 1. The summed E-state index contributed by atoms with van der Waals surface area (Å²) in [6.45, 7) is 3.86. The normalized spacial score (nSPS) is 15.5. The van der Waals surface area contributed by atoms with E-state index in [9.17, 15) is 48.3 Å². The molecule has 80 heavy (non-hydrogen) atoms. The second kappa shape index (κ2) is 32.2. The highest BCUT2D eigenvalue weighted by atomic mass is 16.3. The van der Waals surface area contributed by atoms with Crippen LogP contribution in [0, 0.1) is 5.92 Å². The third kappa shape index (κ3) is 21.9. The summed E-state index contributed by atoms with van der Waals surface area (Å²) in [4.78, 5) is 133. The Morgan fingerprint density at radius 2 is 1.01 bits per heavy atom. The molecule has 0 bridgehead atoms. The van der Waals surface area contributed by atoms with Gasteiger partial charge in [0.1, 0.15) is 48.0 Å². The van der Waals surface area contributed by atoms with Gasteiger partial charge in [0.15, 0.2) is 11.9 Å². The van der Waals surface area contributed by atoms with Crippen molar-refractivity contribution >= 4 is 65.1 Å². The number of nitrogens with one attached hydrogen (secondary N) is 6. The molecule has 9 amide bonds. The lowest BCUT2D eigenvalue weighted by atomic mass is 9.99. The van der Waals surface area contributed by atoms with Crippen molar-refractivity contribution in [2.24, 2.45) is 56.0 Å². The highest BCUT2D eigenvalue weighted by Gasteiger charge is 2.40. The summed E-state index contributed by atoms with van der Waals surface area (Å²) >= 11 is 0. The molecule has 434 valence electrons. The number of aliphatic imine (C=N–C) groups is 2. The predicted octanol–water partition coefficient (Wildman–Crippen LogP) is -2.84. The number of nitrogens with two attached hydrogens (primary N) is 7. The van der Waals surface area contributed by atoms with Crippen molar-refractivity contribution in [3.05, 3.63) is 102 Å². The molecular formula is C54H78N16O10. The fourth-order valence-electron chi connectivity index (χ4n) is 8.90. The molecule has 0 saturated carbocycles. The summed E-state index contributed by atoms with van der Waals surface area (Å²) in [6.07, 6.45) is 0.290. The molecule has 0 radical (unpaired) electrons. The van der Waals surface area contributed by atoms with Crippen LogP contribution >= 0.6 is 0 Å². The highest BCUT2D eigenvalue weighted by Crippen LogP contribution is 2.21. The van der Waals surface area contributed by atoms with Gasteiger partial charge in [-0.1, -0.05) is 86.6 Å². The monoisotopic (exact) mass is 1110 g/mol. The van der Waals surface area contributed by atoms with Crippen LogP contribution in [0.25, 0.3) is 0 Å². The minimum Gasteiger partial charge on any atom is -0.508 e. The smallest absolute Gasteiger partial charge is 0.245 e. The first-order chi connectivity index (χ1) is 38.0. The van der Waals surface area contributed by atoms with E-state index in [0.717, 1.165) is 0 Å². The fraction of sp³-hybridized carbons (Fsp3) is 0.463. The minimum atomic E-state index is -1.49. The maximum absolute atomic E-state index is 14.8. The van der Waals surface area contributed by atoms with Gasteiger partial charge in [0.2, 0.25) is 53.2 Å². The first-order valence-electron chi connectivity index (χ1n) is 26.4. The van der Waals surface area contributed by atoms with Crippen LogP contribution in [0.5, 0.6) is 5.75 Å². The Balaban J connectivity index is 1.61. The van der Waals surface area contributed by atoms with E-state index < -0.39 is 108 Å². The molecule has 26 heteroatoms. The Hall–Kier alpha value is -8.81. The summed E-state index contributed by atoms with van der Waals surface area (Å²) in [5, 5.41) is 25.9. The maximum atomic E-state index is 14.8. The van der Waals surface area contributed by atoms with Crippen LogP contribution in [0.3, 0.4) is 0 Å². The third-order valence-corrected chi connectivity index (χ3v) is 12.9. The number of amides is 9. The number of phenolic OH excluding ortho intramolecular Hbond substituents is 1. The summed E-state index contributed by atoms with van der Waals surface area (Å²) in [6, 6.07) is 13.7. The number of aromatic hydroxyl groups is 1. The zero-order valence-corrected chi connectivity index (χ0v) is 45.2. The van der Waals surface area contributed by atoms with Crippen LogP contribution in [0.15, 0.2) is 94.9 Å². The first kappa shape index (κ1) is 63.7. The molecular weight excluding hydrogens is 1030 g/mol. The molecule has 1 heterocycles. The van der Waals surface area contributed by atoms with Crippen LogP contribution in [0.4, 0.5) is 0 Å². The number of phenols is 1. The summed E-state index contributed by atoms with van der Waals surface area (Å²) in [5.41, 5.74) is 41.1. The van der Waals surface area contributed by atoms with Crippen molar-refractivity contribution in [1.29, 1.82) is 0 Å². The number of hydrogen-bond acceptors (Lipinski definition) is 13. The topological polar surface area (TPSA) is 456 Å². The zero-order valence-electron chi connectivity index (χ0n) is 45.2. The number of benzene rings is 3. The Labute approximate surface area is 464 Å². The molecule has 0 aliphatic carbocycles. The van der Waals surface area contributed by atoms with Gasteiger partial charge in [-0.15, -0.1) is 0 Å². The molecule has 0 unspecified atom stereocenters. The minimum absolute atomic E-state index is 0.0317. The molecule has 3 aromatic carbocycles. The lowest BCUT2D eigenvalue weighted by Gasteiger charge is -2.31. The maximum Gasteiger partial charge on any atom is 0.245 e. The molecule has 1 aliphatic heterocycles. The van der Waals surface area contributed by atoms with Crippen molar-refractivity contribution in [3.63, 3.8) is 0 Å². The van der Waals surface area contributed by atoms with Crippen molar-refractivity contribution in [1.82, 2.24) is 36.8 Å². The molecule has 3 aromatic rings. The van der Waals surface area contributed by atoms with Gasteiger partial charge in [-0.05, 0) is 86.1 Å². The average molecular weight is 1110 g/mol. The summed E-state index contributed by atoms with van der Waals surface area (Å²) in [7, 11) is 0.